The van der Waals surface area contributed by atoms with Gasteiger partial charge in [0, 0.05) is 0 Å². The molecule has 23 heavy (non-hydrogen) atoms. The van der Waals surface area contributed by atoms with E-state index in [1.54, 1.807) is 0 Å². The van der Waals surface area contributed by atoms with Crippen LogP contribution in [0.5, 0.6) is 0 Å². The molecule has 2 nitrogen and oxygen atoms in total. The molecule has 0 saturated heterocycles. The van der Waals surface area contributed by atoms with Crippen molar-refractivity contribution in [3.05, 3.63) is 59.2 Å². The predicted octanol–water partition coefficient (Wildman–Crippen LogP) is 5.35. The van der Waals surface area contributed by atoms with Gasteiger partial charge in [-0.2, -0.15) is 0 Å². The highest BCUT2D eigenvalue weighted by molar-refractivity contribution is 6.08. The van der Waals surface area contributed by atoms with Gasteiger partial charge >= 0.3 is 0 Å². The van der Waals surface area contributed by atoms with Gasteiger partial charge in [0.05, 0.1) is 5.56 Å². The van der Waals surface area contributed by atoms with Crippen LogP contribution in [-0.4, -0.2) is 5.91 Å². The lowest BCUT2D eigenvalue weighted by atomic mass is 9.83. The van der Waals surface area contributed by atoms with Crippen molar-refractivity contribution in [2.75, 3.05) is 0 Å². The average Bonchev–Trinajstić information content (AvgIpc) is 2.56. The first-order valence-electron chi connectivity index (χ1n) is 8.59. The predicted molar refractivity (Wildman–Crippen MR) is 98.9 cm³/mol. The van der Waals surface area contributed by atoms with Gasteiger partial charge in [-0.15, -0.1) is 0 Å². The monoisotopic (exact) mass is 309 g/mol. The summed E-state index contributed by atoms with van der Waals surface area (Å²) < 4.78 is 0. The Morgan fingerprint density at radius 3 is 2.61 bits per heavy atom. The van der Waals surface area contributed by atoms with E-state index in [9.17, 15) is 4.79 Å². The van der Waals surface area contributed by atoms with Crippen molar-refractivity contribution >= 4 is 16.7 Å². The van der Waals surface area contributed by atoms with Gasteiger partial charge in [-0.1, -0.05) is 56.3 Å². The maximum absolute atomic E-state index is 12.1. The highest BCUT2D eigenvalue weighted by Gasteiger charge is 2.20. The Bertz CT molecular complexity index is 715. The number of allylic oxidation sites excluding steroid dienone is 2. The van der Waals surface area contributed by atoms with Crippen LogP contribution in [0.3, 0.4) is 0 Å². The minimum atomic E-state index is -0.316. The molecule has 0 aliphatic rings. The zero-order chi connectivity index (χ0) is 16.8. The third kappa shape index (κ3) is 3.64. The van der Waals surface area contributed by atoms with Crippen LogP contribution in [0.2, 0.25) is 0 Å². The Morgan fingerprint density at radius 2 is 2.00 bits per heavy atom. The number of rotatable bonds is 7. The van der Waals surface area contributed by atoms with Gasteiger partial charge in [-0.3, -0.25) is 4.79 Å². The number of hydrogen-bond donors (Lipinski definition) is 1. The molecule has 2 heteroatoms. The number of carbonyl (C=O) groups is 1. The van der Waals surface area contributed by atoms with E-state index in [0.717, 1.165) is 42.0 Å². The van der Waals surface area contributed by atoms with Gasteiger partial charge in [-0.05, 0) is 60.4 Å². The van der Waals surface area contributed by atoms with E-state index in [0.29, 0.717) is 11.5 Å². The van der Waals surface area contributed by atoms with Crippen LogP contribution < -0.4 is 5.73 Å². The second-order valence-corrected chi connectivity index (χ2v) is 6.01. The third-order valence-corrected chi connectivity index (χ3v) is 4.64. The number of primary amides is 1. The van der Waals surface area contributed by atoms with Gasteiger partial charge < -0.3 is 5.73 Å². The molecule has 122 valence electrons. The molecule has 2 rings (SSSR count). The molecule has 0 aliphatic carbocycles. The van der Waals surface area contributed by atoms with E-state index >= 15 is 0 Å². The van der Waals surface area contributed by atoms with Crippen LogP contribution in [0.1, 0.15) is 67.4 Å². The Morgan fingerprint density at radius 1 is 1.26 bits per heavy atom. The number of hydrogen-bond acceptors (Lipinski definition) is 1. The van der Waals surface area contributed by atoms with E-state index in [4.69, 9.17) is 5.73 Å². The summed E-state index contributed by atoms with van der Waals surface area (Å²) in [6, 6.07) is 10.3. The minimum absolute atomic E-state index is 0.316. The molecule has 1 amide bonds. The van der Waals surface area contributed by atoms with Crippen LogP contribution in [0.15, 0.2) is 42.5 Å². The average molecular weight is 309 g/mol. The van der Waals surface area contributed by atoms with Gasteiger partial charge in [-0.25, -0.2) is 0 Å². The minimum Gasteiger partial charge on any atom is -0.366 e. The van der Waals surface area contributed by atoms with E-state index in [1.807, 2.05) is 18.2 Å². The second-order valence-electron chi connectivity index (χ2n) is 6.01. The molecule has 2 N–H and O–H groups in total. The van der Waals surface area contributed by atoms with Crippen molar-refractivity contribution in [3.63, 3.8) is 0 Å². The summed E-state index contributed by atoms with van der Waals surface area (Å²) in [4.78, 5) is 12.1. The molecular formula is C21H27NO. The number of amides is 1. The molecule has 0 aliphatic heterocycles. The van der Waals surface area contributed by atoms with Crippen molar-refractivity contribution in [2.24, 2.45) is 5.73 Å². The standard InChI is InChI=1S/C21H27NO/c1-4-7-8-11-15(5-2)19-14-16-12-9-10-13-18(16)20(21(22)23)17(19)6-3/h4,7,9-10,12-15H,5-6,8,11H2,1-3H3,(H2,22,23). The van der Waals surface area contributed by atoms with E-state index in [-0.39, 0.29) is 5.91 Å². The molecule has 0 radical (unpaired) electrons. The highest BCUT2D eigenvalue weighted by atomic mass is 16.1. The largest absolute Gasteiger partial charge is 0.366 e. The molecule has 2 aromatic carbocycles. The number of benzene rings is 2. The first-order valence-corrected chi connectivity index (χ1v) is 8.59. The maximum atomic E-state index is 12.1. The molecule has 0 bridgehead atoms. The Hall–Kier alpha value is -2.09. The zero-order valence-electron chi connectivity index (χ0n) is 14.4. The Labute approximate surface area is 139 Å². The van der Waals surface area contributed by atoms with Crippen LogP contribution in [-0.2, 0) is 6.42 Å². The molecule has 0 aromatic heterocycles. The lowest BCUT2D eigenvalue weighted by Crippen LogP contribution is -2.17. The maximum Gasteiger partial charge on any atom is 0.249 e. The van der Waals surface area contributed by atoms with Gasteiger partial charge in [0.25, 0.3) is 0 Å². The van der Waals surface area contributed by atoms with Gasteiger partial charge in [0.15, 0.2) is 0 Å². The van der Waals surface area contributed by atoms with Crippen LogP contribution >= 0.6 is 0 Å². The summed E-state index contributed by atoms with van der Waals surface area (Å²) in [7, 11) is 0. The zero-order valence-corrected chi connectivity index (χ0v) is 14.4. The van der Waals surface area contributed by atoms with Crippen molar-refractivity contribution in [2.45, 2.75) is 52.4 Å². The van der Waals surface area contributed by atoms with Crippen molar-refractivity contribution in [3.8, 4) is 0 Å². The fraction of sp³-hybridized carbons (Fsp3) is 0.381. The molecule has 1 atom stereocenters. The molecule has 0 heterocycles. The fourth-order valence-electron chi connectivity index (χ4n) is 3.48. The van der Waals surface area contributed by atoms with E-state index in [2.05, 4.69) is 45.1 Å². The molecular weight excluding hydrogens is 282 g/mol. The summed E-state index contributed by atoms with van der Waals surface area (Å²) >= 11 is 0. The SMILES string of the molecule is CC=CCCC(CC)c1cc2ccccc2c(C(N)=O)c1CC. The first-order chi connectivity index (χ1) is 11.1. The summed E-state index contributed by atoms with van der Waals surface area (Å²) in [6.07, 6.45) is 8.38. The lowest BCUT2D eigenvalue weighted by molar-refractivity contribution is 0.100. The van der Waals surface area contributed by atoms with Crippen LogP contribution in [0.4, 0.5) is 0 Å². The summed E-state index contributed by atoms with van der Waals surface area (Å²) in [5, 5.41) is 2.09. The molecule has 2 aromatic rings. The first kappa shape index (κ1) is 17.3. The molecule has 1 unspecified atom stereocenters. The summed E-state index contributed by atoms with van der Waals surface area (Å²) in [5.41, 5.74) is 8.88. The van der Waals surface area contributed by atoms with E-state index in [1.165, 1.54) is 5.56 Å². The van der Waals surface area contributed by atoms with Crippen LogP contribution in [0, 0.1) is 0 Å². The second kappa shape index (κ2) is 7.96. The molecule has 0 saturated carbocycles. The molecule has 0 spiro atoms. The number of carbonyl (C=O) groups excluding carboxylic acids is 1. The smallest absolute Gasteiger partial charge is 0.249 e. The third-order valence-electron chi connectivity index (χ3n) is 4.64. The van der Waals surface area contributed by atoms with E-state index < -0.39 is 0 Å². The lowest BCUT2D eigenvalue weighted by Gasteiger charge is -2.22. The van der Waals surface area contributed by atoms with Crippen molar-refractivity contribution in [1.82, 2.24) is 0 Å². The van der Waals surface area contributed by atoms with Gasteiger partial charge in [0.2, 0.25) is 5.91 Å². The summed E-state index contributed by atoms with van der Waals surface area (Å²) in [6.45, 7) is 6.39. The highest BCUT2D eigenvalue weighted by Crippen LogP contribution is 2.34. The summed E-state index contributed by atoms with van der Waals surface area (Å²) in [5.74, 6) is 0.145. The fourth-order valence-corrected chi connectivity index (χ4v) is 3.48. The Kier molecular flexibility index (Phi) is 5.97. The van der Waals surface area contributed by atoms with Crippen molar-refractivity contribution in [1.29, 1.82) is 0 Å². The van der Waals surface area contributed by atoms with Crippen molar-refractivity contribution < 1.29 is 4.79 Å². The number of nitrogens with two attached hydrogens (primary N) is 1. The normalized spacial score (nSPS) is 12.8. The quantitative estimate of drug-likeness (QED) is 0.688. The number of fused-ring (bicyclic) bond motifs is 1. The topological polar surface area (TPSA) is 43.1 Å². The van der Waals surface area contributed by atoms with Gasteiger partial charge in [0.1, 0.15) is 0 Å². The molecule has 0 fully saturated rings. The Balaban J connectivity index is 2.64. The van der Waals surface area contributed by atoms with Crippen LogP contribution in [0.25, 0.3) is 10.8 Å².